The summed E-state index contributed by atoms with van der Waals surface area (Å²) in [6.07, 6.45) is 0.480. The zero-order chi connectivity index (χ0) is 31.0. The first-order valence-corrected chi connectivity index (χ1v) is 13.5. The Kier molecular flexibility index (Phi) is 15.6. The molecule has 0 spiro atoms. The number of aliphatic carboxylic acids is 1. The highest BCUT2D eigenvalue weighted by atomic mass is 32.2. The third-order valence-corrected chi connectivity index (χ3v) is 5.64. The number of nitrogens with one attached hydrogen (secondary N) is 1. The Morgan fingerprint density at radius 1 is 1.15 bits per heavy atom. The number of rotatable bonds is 18. The first-order chi connectivity index (χ1) is 19.3. The zero-order valence-corrected chi connectivity index (χ0v) is 24.5. The molecule has 16 heteroatoms. The van der Waals surface area contributed by atoms with Gasteiger partial charge < -0.3 is 40.0 Å². The normalized spacial score (nSPS) is 12.5. The second-order valence-corrected chi connectivity index (χ2v) is 10.3. The molecule has 1 rings (SSSR count). The summed E-state index contributed by atoms with van der Waals surface area (Å²) in [5.74, 6) is -1.54. The number of amides is 2. The molecular weight excluding hydrogens is 562 g/mol. The number of anilines is 1. The number of para-hydroxylation sites is 1. The molecule has 5 N–H and O–H groups in total. The van der Waals surface area contributed by atoms with Crippen LogP contribution in [0.5, 0.6) is 5.75 Å². The maximum atomic E-state index is 12.5. The first kappa shape index (κ1) is 35.5. The molecule has 0 fully saturated rings. The molecular formula is C25H39N5O10S. The van der Waals surface area contributed by atoms with Gasteiger partial charge in [0, 0.05) is 25.4 Å². The molecule has 2 amide bonds. The average molecular weight is 602 g/mol. The molecule has 0 aliphatic heterocycles. The van der Waals surface area contributed by atoms with Crippen LogP contribution in [0.4, 0.5) is 10.5 Å². The lowest BCUT2D eigenvalue weighted by atomic mass is 10.1. The number of carbonyl (C=O) groups excluding carboxylic acids is 2. The SMILES string of the molecule is C=N/C(=C\N)C(=O)Nc1cccc(CN(C)C(=O)OC(C)(C)C)c1OCCOCCOCCN(CC(=O)O)S(=O)O. The minimum Gasteiger partial charge on any atom is -0.489 e. The van der Waals surface area contributed by atoms with Crippen LogP contribution in [-0.2, 0) is 41.6 Å². The molecule has 41 heavy (non-hydrogen) atoms. The molecule has 0 aliphatic carbocycles. The van der Waals surface area contributed by atoms with E-state index in [1.165, 1.54) is 4.90 Å². The quantitative estimate of drug-likeness (QED) is 0.0820. The Hall–Kier alpha value is -3.57. The molecule has 0 bridgehead atoms. The monoisotopic (exact) mass is 601 g/mol. The Morgan fingerprint density at radius 2 is 1.78 bits per heavy atom. The molecule has 1 aromatic rings. The maximum Gasteiger partial charge on any atom is 0.410 e. The Bertz CT molecular complexity index is 1090. The summed E-state index contributed by atoms with van der Waals surface area (Å²) >= 11 is -2.42. The van der Waals surface area contributed by atoms with Gasteiger partial charge >= 0.3 is 12.1 Å². The molecule has 0 saturated carbocycles. The molecule has 0 aliphatic rings. The predicted octanol–water partition coefficient (Wildman–Crippen LogP) is 1.43. The molecule has 1 atom stereocenters. The van der Waals surface area contributed by atoms with Crippen LogP contribution in [0, 0.1) is 0 Å². The van der Waals surface area contributed by atoms with Crippen LogP contribution in [0.1, 0.15) is 26.3 Å². The van der Waals surface area contributed by atoms with Crippen LogP contribution in [0.25, 0.3) is 0 Å². The topological polar surface area (TPSA) is 203 Å². The van der Waals surface area contributed by atoms with Gasteiger partial charge in [0.2, 0.25) is 11.3 Å². The third kappa shape index (κ3) is 14.1. The van der Waals surface area contributed by atoms with Crippen molar-refractivity contribution in [1.82, 2.24) is 9.21 Å². The van der Waals surface area contributed by atoms with Gasteiger partial charge in [-0.25, -0.2) is 9.00 Å². The lowest BCUT2D eigenvalue weighted by Crippen LogP contribution is -2.34. The van der Waals surface area contributed by atoms with Gasteiger partial charge in [0.1, 0.15) is 30.2 Å². The van der Waals surface area contributed by atoms with Crippen molar-refractivity contribution >= 4 is 41.6 Å². The fourth-order valence-electron chi connectivity index (χ4n) is 3.08. The molecule has 1 unspecified atom stereocenters. The van der Waals surface area contributed by atoms with E-state index in [1.807, 2.05) is 0 Å². The molecule has 15 nitrogen and oxygen atoms in total. The van der Waals surface area contributed by atoms with E-state index >= 15 is 0 Å². The van der Waals surface area contributed by atoms with E-state index in [9.17, 15) is 18.6 Å². The lowest BCUT2D eigenvalue weighted by Gasteiger charge is -2.25. The van der Waals surface area contributed by atoms with Gasteiger partial charge in [0.05, 0.1) is 38.7 Å². The Morgan fingerprint density at radius 3 is 2.34 bits per heavy atom. The van der Waals surface area contributed by atoms with Crippen molar-refractivity contribution in [2.45, 2.75) is 32.9 Å². The Balaban J connectivity index is 2.77. The minimum atomic E-state index is -2.42. The number of nitrogens with two attached hydrogens (primary N) is 1. The number of hydrogen-bond acceptors (Lipinski definition) is 10. The predicted molar refractivity (Wildman–Crippen MR) is 152 cm³/mol. The first-order valence-electron chi connectivity index (χ1n) is 12.4. The number of benzene rings is 1. The number of ether oxygens (including phenoxy) is 4. The number of carboxylic acids is 1. The molecule has 0 heterocycles. The van der Waals surface area contributed by atoms with E-state index in [0.29, 0.717) is 17.0 Å². The van der Waals surface area contributed by atoms with Crippen LogP contribution in [0.2, 0.25) is 0 Å². The van der Waals surface area contributed by atoms with Gasteiger partial charge in [-0.3, -0.25) is 19.1 Å². The number of hydrogen-bond donors (Lipinski definition) is 4. The van der Waals surface area contributed by atoms with Crippen LogP contribution in [0.15, 0.2) is 35.1 Å². The second kappa shape index (κ2) is 18.0. The second-order valence-electron chi connectivity index (χ2n) is 9.36. The highest BCUT2D eigenvalue weighted by Crippen LogP contribution is 2.31. The van der Waals surface area contributed by atoms with Crippen LogP contribution in [0.3, 0.4) is 0 Å². The number of carboxylic acid groups (broad SMARTS) is 1. The highest BCUT2D eigenvalue weighted by molar-refractivity contribution is 7.76. The van der Waals surface area contributed by atoms with Crippen molar-refractivity contribution in [3.63, 3.8) is 0 Å². The largest absolute Gasteiger partial charge is 0.489 e. The zero-order valence-electron chi connectivity index (χ0n) is 23.7. The minimum absolute atomic E-state index is 0.0276. The summed E-state index contributed by atoms with van der Waals surface area (Å²) in [4.78, 5) is 40.7. The standard InChI is InChI=1S/C25H39N5O10S/c1-25(2,3)40-24(34)29(5)16-18-7-6-8-19(28-23(33)20(15-26)27-4)22(18)39-14-13-38-12-11-37-10-9-30(41(35)36)17-21(31)32/h6-8,15H,4,9-14,16-17,26H2,1-3,5H3,(H,28,33)(H,31,32)(H,35,36)/b20-15-. The summed E-state index contributed by atoms with van der Waals surface area (Å²) in [6, 6.07) is 5.04. The van der Waals surface area contributed by atoms with Gasteiger partial charge in [0.25, 0.3) is 5.91 Å². The number of carbonyl (C=O) groups is 3. The number of aliphatic imine (C=N–C) groups is 1. The van der Waals surface area contributed by atoms with Gasteiger partial charge in [-0.15, -0.1) is 0 Å². The Labute approximate surface area is 241 Å². The van der Waals surface area contributed by atoms with Crippen LogP contribution >= 0.6 is 0 Å². The van der Waals surface area contributed by atoms with Gasteiger partial charge in [0.15, 0.2) is 0 Å². The van der Waals surface area contributed by atoms with Crippen molar-refractivity contribution in [3.05, 3.63) is 35.7 Å². The fraction of sp³-hybridized carbons (Fsp3) is 0.520. The molecule has 0 saturated heterocycles. The molecule has 1 aromatic carbocycles. The van der Waals surface area contributed by atoms with Gasteiger partial charge in [-0.05, 0) is 33.6 Å². The van der Waals surface area contributed by atoms with Crippen LogP contribution in [-0.4, -0.2) is 107 Å². The van der Waals surface area contributed by atoms with Crippen LogP contribution < -0.4 is 15.8 Å². The molecule has 0 aromatic heterocycles. The lowest BCUT2D eigenvalue weighted by molar-refractivity contribution is -0.137. The third-order valence-electron chi connectivity index (χ3n) is 4.88. The fourth-order valence-corrected chi connectivity index (χ4v) is 3.53. The van der Waals surface area contributed by atoms with Crippen molar-refractivity contribution in [1.29, 1.82) is 0 Å². The van der Waals surface area contributed by atoms with E-state index in [0.717, 1.165) is 10.5 Å². The van der Waals surface area contributed by atoms with Crippen molar-refractivity contribution in [3.8, 4) is 5.75 Å². The average Bonchev–Trinajstić information content (AvgIpc) is 2.87. The summed E-state index contributed by atoms with van der Waals surface area (Å²) in [6.45, 7) is 8.64. The van der Waals surface area contributed by atoms with Crippen molar-refractivity contribution in [2.75, 3.05) is 58.5 Å². The molecule has 230 valence electrons. The molecule has 0 radical (unpaired) electrons. The van der Waals surface area contributed by atoms with E-state index in [1.54, 1.807) is 46.0 Å². The van der Waals surface area contributed by atoms with E-state index in [4.69, 9.17) is 34.3 Å². The van der Waals surface area contributed by atoms with Gasteiger partial charge in [-0.2, -0.15) is 4.31 Å². The number of nitrogens with zero attached hydrogens (tertiary/aromatic N) is 3. The van der Waals surface area contributed by atoms with E-state index in [-0.39, 0.29) is 51.8 Å². The summed E-state index contributed by atoms with van der Waals surface area (Å²) < 4.78 is 43.2. The van der Waals surface area contributed by atoms with Crippen molar-refractivity contribution < 1.29 is 47.2 Å². The van der Waals surface area contributed by atoms with Gasteiger partial charge in [-0.1, -0.05) is 12.1 Å². The summed E-state index contributed by atoms with van der Waals surface area (Å²) in [5, 5.41) is 11.4. The summed E-state index contributed by atoms with van der Waals surface area (Å²) in [7, 11) is 1.57. The van der Waals surface area contributed by atoms with E-state index < -0.39 is 41.4 Å². The summed E-state index contributed by atoms with van der Waals surface area (Å²) in [5.41, 5.74) is 5.55. The van der Waals surface area contributed by atoms with Crippen molar-refractivity contribution in [2.24, 2.45) is 10.7 Å². The van der Waals surface area contributed by atoms with E-state index in [2.05, 4.69) is 17.0 Å². The maximum absolute atomic E-state index is 12.5. The highest BCUT2D eigenvalue weighted by Gasteiger charge is 2.22. The smallest absolute Gasteiger partial charge is 0.410 e.